The Morgan fingerprint density at radius 2 is 1.61 bits per heavy atom. The van der Waals surface area contributed by atoms with Crippen LogP contribution >= 0.6 is 0 Å². The molecule has 1 amide bonds. The van der Waals surface area contributed by atoms with Gasteiger partial charge in [0.2, 0.25) is 5.89 Å². The van der Waals surface area contributed by atoms with E-state index in [1.165, 1.54) is 4.90 Å². The lowest BCUT2D eigenvalue weighted by Crippen LogP contribution is -2.21. The van der Waals surface area contributed by atoms with Crippen LogP contribution in [0.15, 0.2) is 65.6 Å². The SMILES string of the molecule is CN(C)C(=O)c1ccc(-c2cncc(-c3nnc(-c4cccnc4)o3)n2)cc1. The van der Waals surface area contributed by atoms with Gasteiger partial charge in [-0.25, -0.2) is 4.98 Å². The summed E-state index contributed by atoms with van der Waals surface area (Å²) in [5.74, 6) is 0.578. The van der Waals surface area contributed by atoms with Gasteiger partial charge >= 0.3 is 0 Å². The van der Waals surface area contributed by atoms with E-state index in [4.69, 9.17) is 4.42 Å². The van der Waals surface area contributed by atoms with Crippen LogP contribution in [0.4, 0.5) is 0 Å². The third-order valence-corrected chi connectivity index (χ3v) is 4.02. The number of pyridine rings is 1. The van der Waals surface area contributed by atoms with E-state index in [9.17, 15) is 4.79 Å². The highest BCUT2D eigenvalue weighted by Gasteiger charge is 2.14. The second-order valence-electron chi connectivity index (χ2n) is 6.22. The van der Waals surface area contributed by atoms with Crippen LogP contribution in [0.1, 0.15) is 10.4 Å². The van der Waals surface area contributed by atoms with Gasteiger partial charge in [-0.05, 0) is 24.3 Å². The molecular weight excluding hydrogens is 356 g/mol. The Labute approximate surface area is 160 Å². The van der Waals surface area contributed by atoms with Crippen molar-refractivity contribution >= 4 is 5.91 Å². The Morgan fingerprint density at radius 1 is 0.857 bits per heavy atom. The number of aromatic nitrogens is 5. The molecule has 0 aliphatic rings. The van der Waals surface area contributed by atoms with Crippen LogP contribution in [-0.4, -0.2) is 50.1 Å². The van der Waals surface area contributed by atoms with Crippen LogP contribution in [0.2, 0.25) is 0 Å². The topological polar surface area (TPSA) is 97.9 Å². The van der Waals surface area contributed by atoms with E-state index >= 15 is 0 Å². The second kappa shape index (κ2) is 7.36. The van der Waals surface area contributed by atoms with Gasteiger partial charge in [0, 0.05) is 37.6 Å². The third kappa shape index (κ3) is 3.48. The summed E-state index contributed by atoms with van der Waals surface area (Å²) in [6.07, 6.45) is 6.53. The molecule has 1 aromatic carbocycles. The maximum absolute atomic E-state index is 12.0. The molecule has 0 N–H and O–H groups in total. The van der Waals surface area contributed by atoms with Crippen molar-refractivity contribution in [3.8, 4) is 34.3 Å². The maximum atomic E-state index is 12.0. The maximum Gasteiger partial charge on any atom is 0.268 e. The predicted molar refractivity (Wildman–Crippen MR) is 102 cm³/mol. The minimum atomic E-state index is -0.0554. The normalized spacial score (nSPS) is 10.6. The molecule has 0 radical (unpaired) electrons. The fourth-order valence-electron chi connectivity index (χ4n) is 2.58. The Bertz CT molecular complexity index is 1110. The highest BCUT2D eigenvalue weighted by molar-refractivity contribution is 5.94. The molecule has 3 heterocycles. The average Bonchev–Trinajstić information content (AvgIpc) is 3.24. The van der Waals surface area contributed by atoms with Gasteiger partial charge in [0.15, 0.2) is 0 Å². The van der Waals surface area contributed by atoms with Crippen molar-refractivity contribution in [1.29, 1.82) is 0 Å². The molecule has 3 aromatic heterocycles. The fourth-order valence-corrected chi connectivity index (χ4v) is 2.58. The molecule has 4 rings (SSSR count). The molecular formula is C20H16N6O2. The summed E-state index contributed by atoms with van der Waals surface area (Å²) in [7, 11) is 3.44. The van der Waals surface area contributed by atoms with Crippen molar-refractivity contribution < 1.29 is 9.21 Å². The predicted octanol–water partition coefficient (Wildman–Crippen LogP) is 2.96. The molecule has 8 nitrogen and oxygen atoms in total. The summed E-state index contributed by atoms with van der Waals surface area (Å²) >= 11 is 0. The number of amides is 1. The molecule has 0 fully saturated rings. The van der Waals surface area contributed by atoms with Gasteiger partial charge in [-0.1, -0.05) is 12.1 Å². The van der Waals surface area contributed by atoms with Gasteiger partial charge in [0.05, 0.1) is 23.7 Å². The van der Waals surface area contributed by atoms with Crippen LogP contribution in [0.3, 0.4) is 0 Å². The molecule has 138 valence electrons. The molecule has 0 unspecified atom stereocenters. The number of hydrogen-bond acceptors (Lipinski definition) is 7. The summed E-state index contributed by atoms with van der Waals surface area (Å²) in [4.78, 5) is 26.4. The lowest BCUT2D eigenvalue weighted by molar-refractivity contribution is 0.0827. The minimum Gasteiger partial charge on any atom is -0.414 e. The summed E-state index contributed by atoms with van der Waals surface area (Å²) in [6.45, 7) is 0. The Kier molecular flexibility index (Phi) is 4.59. The molecule has 0 aliphatic heterocycles. The average molecular weight is 372 g/mol. The molecule has 0 atom stereocenters. The zero-order chi connectivity index (χ0) is 19.5. The zero-order valence-electron chi connectivity index (χ0n) is 15.3. The van der Waals surface area contributed by atoms with Gasteiger partial charge in [-0.15, -0.1) is 10.2 Å². The third-order valence-electron chi connectivity index (χ3n) is 4.02. The van der Waals surface area contributed by atoms with Crippen molar-refractivity contribution in [2.24, 2.45) is 0 Å². The largest absolute Gasteiger partial charge is 0.414 e. The Hall–Kier alpha value is -3.94. The molecule has 0 saturated carbocycles. The number of rotatable bonds is 4. The standard InChI is InChI=1S/C20H16N6O2/c1-26(2)20(27)14-7-5-13(6-8-14)16-11-22-12-17(23-16)19-25-24-18(28-19)15-4-3-9-21-10-15/h3-12H,1-2H3. The lowest BCUT2D eigenvalue weighted by Gasteiger charge is -2.10. The van der Waals surface area contributed by atoms with Gasteiger partial charge < -0.3 is 9.32 Å². The summed E-state index contributed by atoms with van der Waals surface area (Å²) in [5.41, 5.74) is 3.27. The molecule has 28 heavy (non-hydrogen) atoms. The van der Waals surface area contributed by atoms with Crippen LogP contribution in [0, 0.1) is 0 Å². The fraction of sp³-hybridized carbons (Fsp3) is 0.100. The van der Waals surface area contributed by atoms with Gasteiger partial charge in [0.1, 0.15) is 5.69 Å². The van der Waals surface area contributed by atoms with Gasteiger partial charge in [0.25, 0.3) is 11.8 Å². The molecule has 0 spiro atoms. The first-order valence-corrected chi connectivity index (χ1v) is 8.50. The van der Waals surface area contributed by atoms with Crippen molar-refractivity contribution in [3.05, 3.63) is 66.7 Å². The van der Waals surface area contributed by atoms with E-state index in [0.717, 1.165) is 11.1 Å². The highest BCUT2D eigenvalue weighted by atomic mass is 16.4. The van der Waals surface area contributed by atoms with Crippen molar-refractivity contribution in [2.45, 2.75) is 0 Å². The smallest absolute Gasteiger partial charge is 0.268 e. The number of nitrogens with zero attached hydrogens (tertiary/aromatic N) is 6. The molecule has 0 bridgehead atoms. The van der Waals surface area contributed by atoms with Gasteiger partial charge in [-0.3, -0.25) is 14.8 Å². The second-order valence-corrected chi connectivity index (χ2v) is 6.22. The summed E-state index contributed by atoms with van der Waals surface area (Å²) < 4.78 is 5.71. The molecule has 0 saturated heterocycles. The van der Waals surface area contributed by atoms with E-state index in [0.29, 0.717) is 22.8 Å². The van der Waals surface area contributed by atoms with Crippen LogP contribution in [-0.2, 0) is 0 Å². The van der Waals surface area contributed by atoms with E-state index in [-0.39, 0.29) is 11.8 Å². The molecule has 0 aliphatic carbocycles. The van der Waals surface area contributed by atoms with Crippen LogP contribution in [0.25, 0.3) is 34.3 Å². The van der Waals surface area contributed by atoms with Crippen molar-refractivity contribution in [2.75, 3.05) is 14.1 Å². The first-order valence-electron chi connectivity index (χ1n) is 8.50. The van der Waals surface area contributed by atoms with Crippen molar-refractivity contribution in [1.82, 2.24) is 30.0 Å². The summed E-state index contributed by atoms with van der Waals surface area (Å²) in [5, 5.41) is 8.10. The van der Waals surface area contributed by atoms with E-state index in [2.05, 4.69) is 25.1 Å². The highest BCUT2D eigenvalue weighted by Crippen LogP contribution is 2.24. The number of hydrogen-bond donors (Lipinski definition) is 0. The number of carbonyl (C=O) groups excluding carboxylic acids is 1. The monoisotopic (exact) mass is 372 g/mol. The minimum absolute atomic E-state index is 0.0554. The van der Waals surface area contributed by atoms with Crippen molar-refractivity contribution in [3.63, 3.8) is 0 Å². The lowest BCUT2D eigenvalue weighted by atomic mass is 10.1. The Morgan fingerprint density at radius 3 is 2.32 bits per heavy atom. The number of benzene rings is 1. The quantitative estimate of drug-likeness (QED) is 0.543. The van der Waals surface area contributed by atoms with Gasteiger partial charge in [-0.2, -0.15) is 0 Å². The summed E-state index contributed by atoms with van der Waals surface area (Å²) in [6, 6.07) is 10.8. The Balaban J connectivity index is 1.62. The number of carbonyl (C=O) groups is 1. The first kappa shape index (κ1) is 17.5. The van der Waals surface area contributed by atoms with Crippen LogP contribution < -0.4 is 0 Å². The molecule has 4 aromatic rings. The van der Waals surface area contributed by atoms with Crippen LogP contribution in [0.5, 0.6) is 0 Å². The molecule has 8 heteroatoms. The first-order chi connectivity index (χ1) is 13.6. The van der Waals surface area contributed by atoms with E-state index in [1.807, 2.05) is 18.2 Å². The van der Waals surface area contributed by atoms with E-state index < -0.39 is 0 Å². The van der Waals surface area contributed by atoms with E-state index in [1.54, 1.807) is 57.1 Å². The zero-order valence-corrected chi connectivity index (χ0v) is 15.3.